The summed E-state index contributed by atoms with van der Waals surface area (Å²) in [6.45, 7) is 4.42. The number of para-hydroxylation sites is 3. The molecule has 0 atom stereocenters. The van der Waals surface area contributed by atoms with E-state index >= 15 is 0 Å². The van der Waals surface area contributed by atoms with Gasteiger partial charge in [-0.15, -0.1) is 0 Å². The van der Waals surface area contributed by atoms with Crippen molar-refractivity contribution in [3.8, 4) is 0 Å². The number of fused-ring (bicyclic) bond motifs is 14. The molecule has 0 saturated carbocycles. The summed E-state index contributed by atoms with van der Waals surface area (Å²) in [6, 6.07) is 61.4. The van der Waals surface area contributed by atoms with Gasteiger partial charge in [0, 0.05) is 5.69 Å². The SMILES string of the molecule is Cc1ccc2c(c1)C1(c3cc(C)ccc3N2c2cncnc2)c2ccccc2C2(c3ccccc3N(c3ccccc3)c3ccccc32)c2ccccc21. The van der Waals surface area contributed by atoms with Crippen molar-refractivity contribution >= 4 is 34.1 Å². The monoisotopic (exact) mass is 692 g/mol. The average molecular weight is 693 g/mol. The van der Waals surface area contributed by atoms with Gasteiger partial charge < -0.3 is 9.80 Å². The van der Waals surface area contributed by atoms with Gasteiger partial charge in [0.2, 0.25) is 0 Å². The summed E-state index contributed by atoms with van der Waals surface area (Å²) >= 11 is 0. The first-order valence-corrected chi connectivity index (χ1v) is 18.6. The second-order valence-corrected chi connectivity index (χ2v) is 14.8. The molecule has 0 fully saturated rings. The zero-order valence-corrected chi connectivity index (χ0v) is 30.1. The van der Waals surface area contributed by atoms with Crippen LogP contribution in [0.1, 0.15) is 55.6 Å². The lowest BCUT2D eigenvalue weighted by atomic mass is 9.49. The molecule has 54 heavy (non-hydrogen) atoms. The molecule has 0 N–H and O–H groups in total. The number of benzene rings is 7. The van der Waals surface area contributed by atoms with Gasteiger partial charge in [-0.3, -0.25) is 0 Å². The number of hydrogen-bond acceptors (Lipinski definition) is 4. The first kappa shape index (κ1) is 30.8. The third-order valence-electron chi connectivity index (χ3n) is 12.0. The van der Waals surface area contributed by atoms with Gasteiger partial charge in [0.25, 0.3) is 0 Å². The standard InChI is InChI=1S/C50H36N4/c1-33-24-26-47-43(28-33)50(44-29-34(2)25-27-48(44)54(47)36-30-51-32-52-31-36)39-18-8-6-16-37(39)49(38-17-7-9-19-40(38)50)41-20-10-12-22-45(41)53(35-14-4-3-5-15-35)46-23-13-11-21-42(46)49/h3-32H,1-2H3. The summed E-state index contributed by atoms with van der Waals surface area (Å²) in [5.41, 5.74) is 18.2. The summed E-state index contributed by atoms with van der Waals surface area (Å²) in [5.74, 6) is 0. The van der Waals surface area contributed by atoms with Gasteiger partial charge in [-0.25, -0.2) is 9.97 Å². The summed E-state index contributed by atoms with van der Waals surface area (Å²) in [7, 11) is 0. The maximum Gasteiger partial charge on any atom is 0.115 e. The van der Waals surface area contributed by atoms with Crippen LogP contribution in [0.5, 0.6) is 0 Å². The van der Waals surface area contributed by atoms with Gasteiger partial charge in [-0.1, -0.05) is 139 Å². The van der Waals surface area contributed by atoms with Crippen LogP contribution in [-0.2, 0) is 10.8 Å². The molecule has 11 rings (SSSR count). The lowest BCUT2D eigenvalue weighted by molar-refractivity contribution is 0.607. The highest BCUT2D eigenvalue weighted by Crippen LogP contribution is 2.67. The number of anilines is 6. The Balaban J connectivity index is 1.32. The molecule has 1 aliphatic carbocycles. The first-order chi connectivity index (χ1) is 26.6. The molecule has 4 heteroatoms. The minimum Gasteiger partial charge on any atom is -0.310 e. The van der Waals surface area contributed by atoms with Crippen molar-refractivity contribution in [2.75, 3.05) is 9.80 Å². The van der Waals surface area contributed by atoms with Crippen LogP contribution < -0.4 is 9.80 Å². The van der Waals surface area contributed by atoms with E-state index in [9.17, 15) is 0 Å². The minimum absolute atomic E-state index is 0.602. The molecule has 3 heterocycles. The number of hydrogen-bond donors (Lipinski definition) is 0. The molecular weight excluding hydrogens is 657 g/mol. The molecule has 0 unspecified atom stereocenters. The van der Waals surface area contributed by atoms with Crippen molar-refractivity contribution in [1.82, 2.24) is 9.97 Å². The first-order valence-electron chi connectivity index (χ1n) is 18.6. The molecule has 4 nitrogen and oxygen atoms in total. The van der Waals surface area contributed by atoms with Crippen LogP contribution >= 0.6 is 0 Å². The fraction of sp³-hybridized carbons (Fsp3) is 0.0800. The van der Waals surface area contributed by atoms with Gasteiger partial charge in [0.05, 0.1) is 51.7 Å². The van der Waals surface area contributed by atoms with E-state index < -0.39 is 10.8 Å². The van der Waals surface area contributed by atoms with Crippen molar-refractivity contribution in [1.29, 1.82) is 0 Å². The van der Waals surface area contributed by atoms with Crippen LogP contribution in [0.4, 0.5) is 34.1 Å². The van der Waals surface area contributed by atoms with E-state index in [0.29, 0.717) is 0 Å². The van der Waals surface area contributed by atoms with Crippen molar-refractivity contribution in [2.24, 2.45) is 0 Å². The Kier molecular flexibility index (Phi) is 6.48. The Morgan fingerprint density at radius 1 is 0.352 bits per heavy atom. The largest absolute Gasteiger partial charge is 0.310 e. The van der Waals surface area contributed by atoms with Crippen LogP contribution in [0.2, 0.25) is 0 Å². The highest BCUT2D eigenvalue weighted by atomic mass is 15.2. The smallest absolute Gasteiger partial charge is 0.115 e. The molecule has 1 aromatic heterocycles. The molecule has 3 aliphatic rings. The maximum absolute atomic E-state index is 4.49. The molecule has 2 spiro atoms. The lowest BCUT2D eigenvalue weighted by Gasteiger charge is -2.56. The maximum atomic E-state index is 4.49. The fourth-order valence-electron chi connectivity index (χ4n) is 10.1. The zero-order valence-electron chi connectivity index (χ0n) is 30.1. The third-order valence-corrected chi connectivity index (χ3v) is 12.0. The predicted octanol–water partition coefficient (Wildman–Crippen LogP) is 11.7. The quantitative estimate of drug-likeness (QED) is 0.181. The third kappa shape index (κ3) is 3.87. The molecule has 0 amide bonds. The molecule has 2 aliphatic heterocycles. The van der Waals surface area contributed by atoms with E-state index in [0.717, 1.165) is 22.7 Å². The molecule has 7 aromatic carbocycles. The van der Waals surface area contributed by atoms with E-state index in [4.69, 9.17) is 0 Å². The predicted molar refractivity (Wildman–Crippen MR) is 218 cm³/mol. The minimum atomic E-state index is -0.631. The Morgan fingerprint density at radius 2 is 0.722 bits per heavy atom. The van der Waals surface area contributed by atoms with Crippen LogP contribution in [0.3, 0.4) is 0 Å². The Morgan fingerprint density at radius 3 is 1.20 bits per heavy atom. The van der Waals surface area contributed by atoms with Crippen molar-refractivity contribution < 1.29 is 0 Å². The molecule has 8 aromatic rings. The van der Waals surface area contributed by atoms with Crippen molar-refractivity contribution in [3.63, 3.8) is 0 Å². The summed E-state index contributed by atoms with van der Waals surface area (Å²) in [4.78, 5) is 13.8. The lowest BCUT2D eigenvalue weighted by Crippen LogP contribution is -2.49. The Labute approximate surface area is 315 Å². The number of nitrogens with zero attached hydrogens (tertiary/aromatic N) is 4. The van der Waals surface area contributed by atoms with Crippen LogP contribution in [0, 0.1) is 13.8 Å². The van der Waals surface area contributed by atoms with E-state index in [1.165, 1.54) is 67.0 Å². The number of rotatable bonds is 2. The van der Waals surface area contributed by atoms with E-state index in [2.05, 4.69) is 197 Å². The molecule has 256 valence electrons. The van der Waals surface area contributed by atoms with Gasteiger partial charge in [-0.05, 0) is 94.8 Å². The van der Waals surface area contributed by atoms with Crippen molar-refractivity contribution in [2.45, 2.75) is 24.7 Å². The van der Waals surface area contributed by atoms with Crippen molar-refractivity contribution in [3.05, 3.63) is 238 Å². The molecule has 0 bridgehead atoms. The van der Waals surface area contributed by atoms with Gasteiger partial charge in [0.15, 0.2) is 0 Å². The van der Waals surface area contributed by atoms with E-state index in [1.807, 2.05) is 12.4 Å². The highest BCUT2D eigenvalue weighted by molar-refractivity contribution is 5.95. The zero-order chi connectivity index (χ0) is 36.0. The van der Waals surface area contributed by atoms with Crippen LogP contribution in [-0.4, -0.2) is 9.97 Å². The van der Waals surface area contributed by atoms with Gasteiger partial charge in [0.1, 0.15) is 6.33 Å². The average Bonchev–Trinajstić information content (AvgIpc) is 3.23. The highest BCUT2D eigenvalue weighted by Gasteiger charge is 2.58. The van der Waals surface area contributed by atoms with E-state index in [-0.39, 0.29) is 0 Å². The van der Waals surface area contributed by atoms with Crippen LogP contribution in [0.25, 0.3) is 0 Å². The summed E-state index contributed by atoms with van der Waals surface area (Å²) < 4.78 is 0. The Bertz CT molecular complexity index is 2620. The summed E-state index contributed by atoms with van der Waals surface area (Å²) in [6.07, 6.45) is 5.45. The normalized spacial score (nSPS) is 15.1. The molecule has 0 radical (unpaired) electrons. The van der Waals surface area contributed by atoms with Crippen LogP contribution in [0.15, 0.2) is 183 Å². The van der Waals surface area contributed by atoms with Gasteiger partial charge in [-0.2, -0.15) is 0 Å². The molecule has 0 saturated heterocycles. The van der Waals surface area contributed by atoms with Gasteiger partial charge >= 0.3 is 0 Å². The number of aromatic nitrogens is 2. The van der Waals surface area contributed by atoms with E-state index in [1.54, 1.807) is 6.33 Å². The fourth-order valence-corrected chi connectivity index (χ4v) is 10.1. The topological polar surface area (TPSA) is 32.3 Å². The second-order valence-electron chi connectivity index (χ2n) is 14.8. The molecular formula is C50H36N4. The second kappa shape index (κ2) is 11.4. The Hall–Kier alpha value is -6.78. The number of aryl methyl sites for hydroxylation is 2. The summed E-state index contributed by atoms with van der Waals surface area (Å²) in [5, 5.41) is 0.